The van der Waals surface area contributed by atoms with Crippen LogP contribution in [0.25, 0.3) is 11.0 Å². The van der Waals surface area contributed by atoms with Crippen molar-refractivity contribution in [2.45, 2.75) is 19.6 Å². The van der Waals surface area contributed by atoms with Crippen molar-refractivity contribution >= 4 is 22.8 Å². The van der Waals surface area contributed by atoms with Crippen LogP contribution in [0.3, 0.4) is 0 Å². The molecule has 1 aromatic heterocycles. The molecular formula is C12H14N2S. The number of rotatable bonds is 3. The maximum Gasteiger partial charge on any atom is 0.0890 e. The van der Waals surface area contributed by atoms with Gasteiger partial charge in [0, 0.05) is 5.75 Å². The van der Waals surface area contributed by atoms with E-state index in [9.17, 15) is 0 Å². The summed E-state index contributed by atoms with van der Waals surface area (Å²) in [6.45, 7) is 4.19. The lowest BCUT2D eigenvalue weighted by Crippen LogP contribution is -1.96. The standard InChI is InChI=1S/C12H14N2S/c1-3-15-8-12-9(2)13-10-6-4-5-7-11(10)14-12/h4-7H,3,8H2,1-2H3. The second-order valence-electron chi connectivity index (χ2n) is 3.38. The molecule has 0 radical (unpaired) electrons. The Labute approximate surface area is 94.1 Å². The van der Waals surface area contributed by atoms with E-state index in [2.05, 4.69) is 16.9 Å². The predicted octanol–water partition coefficient (Wildman–Crippen LogP) is 3.19. The Morgan fingerprint density at radius 1 is 1.13 bits per heavy atom. The van der Waals surface area contributed by atoms with Gasteiger partial charge >= 0.3 is 0 Å². The third kappa shape index (κ3) is 2.29. The molecule has 1 aromatic carbocycles. The number of thioether (sulfide) groups is 1. The molecule has 0 bridgehead atoms. The Balaban J connectivity index is 2.43. The SMILES string of the molecule is CCSCc1nc2ccccc2nc1C. The molecule has 0 fully saturated rings. The van der Waals surface area contributed by atoms with E-state index in [1.54, 1.807) is 0 Å². The van der Waals surface area contributed by atoms with E-state index in [0.717, 1.165) is 33.9 Å². The van der Waals surface area contributed by atoms with Crippen LogP contribution >= 0.6 is 11.8 Å². The summed E-state index contributed by atoms with van der Waals surface area (Å²) in [5.74, 6) is 2.08. The Morgan fingerprint density at radius 3 is 2.47 bits per heavy atom. The smallest absolute Gasteiger partial charge is 0.0890 e. The van der Waals surface area contributed by atoms with Crippen molar-refractivity contribution in [3.63, 3.8) is 0 Å². The van der Waals surface area contributed by atoms with Crippen LogP contribution in [-0.4, -0.2) is 15.7 Å². The maximum atomic E-state index is 4.63. The second-order valence-corrected chi connectivity index (χ2v) is 4.66. The molecule has 1 heterocycles. The van der Waals surface area contributed by atoms with E-state index < -0.39 is 0 Å². The summed E-state index contributed by atoms with van der Waals surface area (Å²) in [6.07, 6.45) is 0. The summed E-state index contributed by atoms with van der Waals surface area (Å²) >= 11 is 1.88. The van der Waals surface area contributed by atoms with Gasteiger partial charge in [0.2, 0.25) is 0 Å². The van der Waals surface area contributed by atoms with Gasteiger partial charge in [0.05, 0.1) is 22.4 Å². The minimum Gasteiger partial charge on any atom is -0.250 e. The number of fused-ring (bicyclic) bond motifs is 1. The molecule has 0 amide bonds. The Bertz CT molecular complexity index is 468. The minimum atomic E-state index is 0.958. The molecule has 0 unspecified atom stereocenters. The molecular weight excluding hydrogens is 204 g/mol. The van der Waals surface area contributed by atoms with Gasteiger partial charge in [-0.2, -0.15) is 11.8 Å². The highest BCUT2D eigenvalue weighted by Gasteiger charge is 2.03. The number of hydrogen-bond acceptors (Lipinski definition) is 3. The van der Waals surface area contributed by atoms with Gasteiger partial charge in [0.15, 0.2) is 0 Å². The predicted molar refractivity (Wildman–Crippen MR) is 66.1 cm³/mol. The number of benzene rings is 1. The van der Waals surface area contributed by atoms with E-state index in [-0.39, 0.29) is 0 Å². The van der Waals surface area contributed by atoms with Crippen LogP contribution in [0.2, 0.25) is 0 Å². The highest BCUT2D eigenvalue weighted by atomic mass is 32.2. The molecule has 2 aromatic rings. The molecule has 0 aliphatic heterocycles. The summed E-state index contributed by atoms with van der Waals surface area (Å²) in [5, 5.41) is 0. The fourth-order valence-electron chi connectivity index (χ4n) is 1.46. The highest BCUT2D eigenvalue weighted by molar-refractivity contribution is 7.98. The average Bonchev–Trinajstić information content (AvgIpc) is 2.26. The third-order valence-electron chi connectivity index (χ3n) is 2.29. The molecule has 3 heteroatoms. The number of hydrogen-bond donors (Lipinski definition) is 0. The summed E-state index contributed by atoms with van der Waals surface area (Å²) in [4.78, 5) is 9.18. The van der Waals surface area contributed by atoms with Crippen molar-refractivity contribution in [3.05, 3.63) is 35.7 Å². The van der Waals surface area contributed by atoms with E-state index >= 15 is 0 Å². The van der Waals surface area contributed by atoms with Crippen LogP contribution in [0.5, 0.6) is 0 Å². The topological polar surface area (TPSA) is 25.8 Å². The molecule has 0 saturated carbocycles. The Morgan fingerprint density at radius 2 is 1.80 bits per heavy atom. The zero-order valence-electron chi connectivity index (χ0n) is 9.03. The molecule has 2 rings (SSSR count). The first kappa shape index (κ1) is 10.4. The van der Waals surface area contributed by atoms with Crippen molar-refractivity contribution in [1.29, 1.82) is 0 Å². The normalized spacial score (nSPS) is 10.8. The molecule has 0 saturated heterocycles. The summed E-state index contributed by atoms with van der Waals surface area (Å²) in [6, 6.07) is 8.02. The van der Waals surface area contributed by atoms with Gasteiger partial charge in [0.25, 0.3) is 0 Å². The van der Waals surface area contributed by atoms with E-state index in [0.29, 0.717) is 0 Å². The first-order chi connectivity index (χ1) is 7.31. The molecule has 15 heavy (non-hydrogen) atoms. The van der Waals surface area contributed by atoms with Crippen molar-refractivity contribution in [2.75, 3.05) is 5.75 Å². The van der Waals surface area contributed by atoms with Gasteiger partial charge in [-0.1, -0.05) is 19.1 Å². The average molecular weight is 218 g/mol. The zero-order valence-corrected chi connectivity index (χ0v) is 9.84. The lowest BCUT2D eigenvalue weighted by atomic mass is 10.2. The van der Waals surface area contributed by atoms with Crippen LogP contribution in [-0.2, 0) is 5.75 Å². The van der Waals surface area contributed by atoms with Gasteiger partial charge in [-0.15, -0.1) is 0 Å². The van der Waals surface area contributed by atoms with Gasteiger partial charge in [-0.25, -0.2) is 9.97 Å². The largest absolute Gasteiger partial charge is 0.250 e. The summed E-state index contributed by atoms with van der Waals surface area (Å²) in [5.41, 5.74) is 4.14. The first-order valence-electron chi connectivity index (χ1n) is 5.11. The van der Waals surface area contributed by atoms with Crippen LogP contribution in [0.4, 0.5) is 0 Å². The molecule has 0 spiro atoms. The van der Waals surface area contributed by atoms with Gasteiger partial charge < -0.3 is 0 Å². The van der Waals surface area contributed by atoms with Crippen molar-refractivity contribution in [3.8, 4) is 0 Å². The van der Waals surface area contributed by atoms with Crippen LogP contribution in [0.15, 0.2) is 24.3 Å². The monoisotopic (exact) mass is 218 g/mol. The number of aromatic nitrogens is 2. The molecule has 78 valence electrons. The summed E-state index contributed by atoms with van der Waals surface area (Å²) < 4.78 is 0. The molecule has 0 N–H and O–H groups in total. The first-order valence-corrected chi connectivity index (χ1v) is 6.26. The summed E-state index contributed by atoms with van der Waals surface area (Å²) in [7, 11) is 0. The molecule has 0 aliphatic carbocycles. The van der Waals surface area contributed by atoms with E-state index in [4.69, 9.17) is 0 Å². The van der Waals surface area contributed by atoms with Crippen molar-refractivity contribution in [2.24, 2.45) is 0 Å². The lowest BCUT2D eigenvalue weighted by Gasteiger charge is -2.05. The van der Waals surface area contributed by atoms with Crippen LogP contribution in [0, 0.1) is 6.92 Å². The lowest BCUT2D eigenvalue weighted by molar-refractivity contribution is 1.08. The van der Waals surface area contributed by atoms with Gasteiger partial charge in [-0.05, 0) is 24.8 Å². The maximum absolute atomic E-state index is 4.63. The van der Waals surface area contributed by atoms with Gasteiger partial charge in [-0.3, -0.25) is 0 Å². The highest BCUT2D eigenvalue weighted by Crippen LogP contribution is 2.16. The number of aryl methyl sites for hydroxylation is 1. The molecule has 2 nitrogen and oxygen atoms in total. The zero-order chi connectivity index (χ0) is 10.7. The Kier molecular flexibility index (Phi) is 3.21. The quantitative estimate of drug-likeness (QED) is 0.791. The van der Waals surface area contributed by atoms with Crippen molar-refractivity contribution in [1.82, 2.24) is 9.97 Å². The van der Waals surface area contributed by atoms with Gasteiger partial charge in [0.1, 0.15) is 0 Å². The van der Waals surface area contributed by atoms with Crippen LogP contribution < -0.4 is 0 Å². The molecule has 0 atom stereocenters. The minimum absolute atomic E-state index is 0.958. The number of para-hydroxylation sites is 2. The van der Waals surface area contributed by atoms with E-state index in [1.165, 1.54) is 0 Å². The number of nitrogens with zero attached hydrogens (tertiary/aromatic N) is 2. The van der Waals surface area contributed by atoms with E-state index in [1.807, 2.05) is 43.0 Å². The fraction of sp³-hybridized carbons (Fsp3) is 0.333. The fourth-order valence-corrected chi connectivity index (χ4v) is 2.13. The molecule has 0 aliphatic rings. The second kappa shape index (κ2) is 4.62. The Hall–Kier alpha value is -1.09. The third-order valence-corrected chi connectivity index (χ3v) is 3.17. The van der Waals surface area contributed by atoms with Crippen molar-refractivity contribution < 1.29 is 0 Å². The van der Waals surface area contributed by atoms with Crippen LogP contribution in [0.1, 0.15) is 18.3 Å².